The molecule has 0 aromatic carbocycles. The van der Waals surface area contributed by atoms with E-state index in [4.69, 9.17) is 0 Å². The molecule has 4 saturated carbocycles. The Morgan fingerprint density at radius 1 is 0.982 bits per heavy atom. The van der Waals surface area contributed by atoms with Gasteiger partial charge in [-0.25, -0.2) is 21.8 Å². The molecule has 1 N–H and O–H groups in total. The first-order chi connectivity index (χ1) is 26.2. The van der Waals surface area contributed by atoms with Crippen LogP contribution in [0.3, 0.4) is 0 Å². The lowest BCUT2D eigenvalue weighted by molar-refractivity contribution is -0.146. The van der Waals surface area contributed by atoms with Gasteiger partial charge in [0.1, 0.15) is 5.78 Å². The molecule has 6 rings (SSSR count). The van der Waals surface area contributed by atoms with Gasteiger partial charge in [-0.15, -0.1) is 6.58 Å². The number of aromatic nitrogens is 1. The molecule has 2 heterocycles. The Kier molecular flexibility index (Phi) is 11.0. The third kappa shape index (κ3) is 7.46. The summed E-state index contributed by atoms with van der Waals surface area (Å²) < 4.78 is 55.9. The first-order valence-electron chi connectivity index (χ1n) is 20.6. The maximum absolute atomic E-state index is 15.1. The second-order valence-corrected chi connectivity index (χ2v) is 24.7. The highest BCUT2D eigenvalue weighted by atomic mass is 32.2. The number of hydrogen-bond donors (Lipinski definition) is 1. The average Bonchev–Trinajstić information content (AvgIpc) is 4.03. The molecule has 4 aliphatic carbocycles. The second kappa shape index (κ2) is 14.3. The smallest absolute Gasteiger partial charge is 0.260 e. The quantitative estimate of drug-likeness (QED) is 0.199. The number of sulfonamides is 2. The van der Waals surface area contributed by atoms with Gasteiger partial charge in [0, 0.05) is 56.9 Å². The minimum Gasteiger partial charge on any atom is -0.332 e. The standard InChI is InChI=1S/C43H64N4O8S2/c1-11-28-23-41(28,37(51)45-56(52,53)31-16-17-31)25-34(49)33-24-43(40(8,9)42(43)18-14-19-42)27-47(33)36(50)32(39(5,6)7)22-30(48)21-29(38(2,3)4)26-46(10)57(54,55)35-15-12-13-20-44-35/h11-13,15,20,28-29,31-33H,1,14,16-19,21-27H2,2-10H3,(H,45,51)/t28-,29-,32-,33+,41-,43-/m1/s1. The molecule has 1 aliphatic heterocycles. The number of carbonyl (C=O) groups is 4. The summed E-state index contributed by atoms with van der Waals surface area (Å²) in [6.07, 6.45) is 7.71. The number of amides is 2. The van der Waals surface area contributed by atoms with Gasteiger partial charge in [-0.05, 0) is 84.2 Å². The second-order valence-electron chi connectivity index (χ2n) is 20.7. The fourth-order valence-electron chi connectivity index (χ4n) is 10.7. The molecule has 0 radical (unpaired) electrons. The van der Waals surface area contributed by atoms with Crippen molar-refractivity contribution in [3.63, 3.8) is 0 Å². The molecule has 0 unspecified atom stereocenters. The zero-order chi connectivity index (χ0) is 42.4. The van der Waals surface area contributed by atoms with Crippen molar-refractivity contribution in [2.75, 3.05) is 20.1 Å². The van der Waals surface area contributed by atoms with Crippen LogP contribution in [0, 0.1) is 50.2 Å². The van der Waals surface area contributed by atoms with Crippen LogP contribution in [0.5, 0.6) is 0 Å². The number of carbonyl (C=O) groups excluding carboxylic acids is 4. The first-order valence-corrected chi connectivity index (χ1v) is 23.6. The van der Waals surface area contributed by atoms with Crippen LogP contribution in [-0.2, 0) is 39.2 Å². The van der Waals surface area contributed by atoms with Gasteiger partial charge < -0.3 is 4.90 Å². The van der Waals surface area contributed by atoms with Crippen molar-refractivity contribution in [2.45, 2.75) is 136 Å². The van der Waals surface area contributed by atoms with Crippen LogP contribution in [0.2, 0.25) is 0 Å². The van der Waals surface area contributed by atoms with Crippen molar-refractivity contribution in [2.24, 2.45) is 50.2 Å². The van der Waals surface area contributed by atoms with E-state index in [1.54, 1.807) is 23.1 Å². The van der Waals surface area contributed by atoms with E-state index in [2.05, 4.69) is 30.1 Å². The molecule has 5 fully saturated rings. The number of Topliss-reactive ketones (excluding diaryl/α,β-unsaturated/α-hetero) is 2. The molecule has 1 aromatic heterocycles. The SMILES string of the molecule is C=C[C@@H]1C[C@]1(CC(=O)[C@@H]1C[C@@]2(CN1C(=O)[C@@H](CC(=O)C[C@H](CN(C)S(=O)(=O)c1ccccn1)C(C)(C)C)C(C)(C)C)C(C)(C)C21CCC1)C(=O)NS(=O)(=O)C1CC1. The van der Waals surface area contributed by atoms with Crippen LogP contribution < -0.4 is 4.72 Å². The van der Waals surface area contributed by atoms with E-state index in [1.807, 2.05) is 41.5 Å². The van der Waals surface area contributed by atoms with Gasteiger partial charge in [-0.2, -0.15) is 4.31 Å². The summed E-state index contributed by atoms with van der Waals surface area (Å²) in [5, 5.41) is -0.665. The molecule has 57 heavy (non-hydrogen) atoms. The van der Waals surface area contributed by atoms with E-state index in [0.29, 0.717) is 32.2 Å². The van der Waals surface area contributed by atoms with E-state index < -0.39 is 59.4 Å². The molecule has 1 saturated heterocycles. The van der Waals surface area contributed by atoms with Crippen molar-refractivity contribution >= 4 is 43.4 Å². The fraction of sp³-hybridized carbons (Fsp3) is 0.744. The summed E-state index contributed by atoms with van der Waals surface area (Å²) in [5.41, 5.74) is -2.74. The Morgan fingerprint density at radius 2 is 1.63 bits per heavy atom. The number of fused-ring (bicyclic) bond motifs is 1. The number of hydrogen-bond acceptors (Lipinski definition) is 9. The number of ketones is 2. The molecular formula is C43H64N4O8S2. The van der Waals surface area contributed by atoms with Gasteiger partial charge in [0.25, 0.3) is 10.0 Å². The molecule has 6 atom stereocenters. The minimum atomic E-state index is -3.91. The minimum absolute atomic E-state index is 0.0127. The summed E-state index contributed by atoms with van der Waals surface area (Å²) in [5.74, 6) is -2.87. The van der Waals surface area contributed by atoms with Crippen molar-refractivity contribution in [3.8, 4) is 0 Å². The van der Waals surface area contributed by atoms with E-state index in [-0.39, 0.29) is 76.4 Å². The van der Waals surface area contributed by atoms with Crippen LogP contribution in [0.1, 0.15) is 120 Å². The Hall–Kier alpha value is -2.97. The molecule has 2 spiro atoms. The highest BCUT2D eigenvalue weighted by Gasteiger charge is 2.85. The molecule has 2 amide bonds. The van der Waals surface area contributed by atoms with Gasteiger partial charge in [0.2, 0.25) is 21.8 Å². The first kappa shape index (κ1) is 43.6. The fourth-order valence-corrected chi connectivity index (χ4v) is 13.2. The Morgan fingerprint density at radius 3 is 2.11 bits per heavy atom. The largest absolute Gasteiger partial charge is 0.332 e. The molecular weight excluding hydrogens is 765 g/mol. The Balaban J connectivity index is 1.24. The normalized spacial score (nSPS) is 28.8. The van der Waals surface area contributed by atoms with Crippen LogP contribution in [-0.4, -0.2) is 85.8 Å². The number of allylic oxidation sites excluding steroid dienone is 1. The number of pyridine rings is 1. The van der Waals surface area contributed by atoms with Crippen molar-refractivity contribution in [1.29, 1.82) is 0 Å². The van der Waals surface area contributed by atoms with Crippen molar-refractivity contribution in [1.82, 2.24) is 18.9 Å². The van der Waals surface area contributed by atoms with Gasteiger partial charge in [-0.1, -0.05) is 74.0 Å². The molecule has 1 aromatic rings. The Labute approximate surface area is 340 Å². The van der Waals surface area contributed by atoms with Crippen molar-refractivity contribution in [3.05, 3.63) is 37.1 Å². The third-order valence-corrected chi connectivity index (χ3v) is 18.8. The van der Waals surface area contributed by atoms with Crippen molar-refractivity contribution < 1.29 is 36.0 Å². The topological polar surface area (TPSA) is 168 Å². The highest BCUT2D eigenvalue weighted by molar-refractivity contribution is 7.91. The molecule has 14 heteroatoms. The van der Waals surface area contributed by atoms with Crippen LogP contribution in [0.4, 0.5) is 0 Å². The molecule has 0 bridgehead atoms. The van der Waals surface area contributed by atoms with E-state index in [0.717, 1.165) is 19.3 Å². The lowest BCUT2D eigenvalue weighted by atomic mass is 9.73. The summed E-state index contributed by atoms with van der Waals surface area (Å²) in [6, 6.07) is 3.88. The van der Waals surface area contributed by atoms with Crippen LogP contribution >= 0.6 is 0 Å². The molecule has 5 aliphatic rings. The summed E-state index contributed by atoms with van der Waals surface area (Å²) in [6.45, 7) is 20.5. The number of likely N-dealkylation sites (tertiary alicyclic amines) is 1. The van der Waals surface area contributed by atoms with Crippen LogP contribution in [0.15, 0.2) is 42.1 Å². The predicted octanol–water partition coefficient (Wildman–Crippen LogP) is 5.93. The predicted molar refractivity (Wildman–Crippen MR) is 217 cm³/mol. The summed E-state index contributed by atoms with van der Waals surface area (Å²) in [7, 11) is -6.26. The summed E-state index contributed by atoms with van der Waals surface area (Å²) >= 11 is 0. The number of rotatable bonds is 16. The van der Waals surface area contributed by atoms with Gasteiger partial charge in [0.05, 0.1) is 16.7 Å². The maximum Gasteiger partial charge on any atom is 0.260 e. The number of nitrogens with one attached hydrogen (secondary N) is 1. The third-order valence-electron chi connectivity index (χ3n) is 15.3. The lowest BCUT2D eigenvalue weighted by Crippen LogP contribution is -2.48. The highest BCUT2D eigenvalue weighted by Crippen LogP contribution is 2.88. The summed E-state index contributed by atoms with van der Waals surface area (Å²) in [4.78, 5) is 63.4. The van der Waals surface area contributed by atoms with E-state index in [1.165, 1.54) is 23.6 Å². The lowest BCUT2D eigenvalue weighted by Gasteiger charge is -2.37. The van der Waals surface area contributed by atoms with E-state index in [9.17, 15) is 31.2 Å². The average molecular weight is 829 g/mol. The van der Waals surface area contributed by atoms with Gasteiger partial charge >= 0.3 is 0 Å². The molecule has 12 nitrogen and oxygen atoms in total. The zero-order valence-corrected chi connectivity index (χ0v) is 37.0. The number of nitrogens with zero attached hydrogens (tertiary/aromatic N) is 3. The molecule has 316 valence electrons. The maximum atomic E-state index is 15.1. The van der Waals surface area contributed by atoms with Gasteiger partial charge in [0.15, 0.2) is 10.8 Å². The Bertz CT molecular complexity index is 2030. The van der Waals surface area contributed by atoms with Crippen LogP contribution in [0.25, 0.3) is 0 Å². The van der Waals surface area contributed by atoms with E-state index >= 15 is 4.79 Å². The zero-order valence-electron chi connectivity index (χ0n) is 35.4. The van der Waals surface area contributed by atoms with Gasteiger partial charge in [-0.3, -0.25) is 23.9 Å². The monoisotopic (exact) mass is 828 g/mol.